The van der Waals surface area contributed by atoms with Gasteiger partial charge < -0.3 is 10.6 Å². The van der Waals surface area contributed by atoms with Crippen molar-refractivity contribution in [3.8, 4) is 0 Å². The molecule has 0 radical (unpaired) electrons. The van der Waals surface area contributed by atoms with E-state index in [4.69, 9.17) is 12.2 Å². The average Bonchev–Trinajstić information content (AvgIpc) is 2.19. The van der Waals surface area contributed by atoms with Crippen LogP contribution < -0.4 is 10.6 Å². The molecular weight excluding hydrogens is 326 g/mol. The fourth-order valence-electron chi connectivity index (χ4n) is 0.996. The highest BCUT2D eigenvalue weighted by Gasteiger charge is 2.02. The highest BCUT2D eigenvalue weighted by atomic mass is 127. The minimum Gasteiger partial charge on any atom is -0.362 e. The Balaban J connectivity index is 2.60. The van der Waals surface area contributed by atoms with Gasteiger partial charge in [0.05, 0.1) is 5.69 Å². The Morgan fingerprint density at radius 3 is 2.87 bits per heavy atom. The van der Waals surface area contributed by atoms with Crippen molar-refractivity contribution in [3.63, 3.8) is 0 Å². The molecule has 0 amide bonds. The van der Waals surface area contributed by atoms with Crippen LogP contribution in [0.15, 0.2) is 18.2 Å². The lowest BCUT2D eigenvalue weighted by atomic mass is 10.3. The lowest BCUT2D eigenvalue weighted by molar-refractivity contribution is 0.627. The van der Waals surface area contributed by atoms with Crippen LogP contribution >= 0.6 is 34.8 Å². The SMILES string of the molecule is CCCNC(=S)Nc1ccc(F)cc1I. The molecule has 0 aliphatic rings. The largest absolute Gasteiger partial charge is 0.362 e. The van der Waals surface area contributed by atoms with Crippen molar-refractivity contribution in [1.82, 2.24) is 5.32 Å². The van der Waals surface area contributed by atoms with Gasteiger partial charge in [-0.1, -0.05) is 6.92 Å². The minimum absolute atomic E-state index is 0.239. The fourth-order valence-corrected chi connectivity index (χ4v) is 1.82. The second kappa shape index (κ2) is 6.22. The van der Waals surface area contributed by atoms with Gasteiger partial charge in [-0.25, -0.2) is 4.39 Å². The molecule has 0 saturated carbocycles. The van der Waals surface area contributed by atoms with Gasteiger partial charge >= 0.3 is 0 Å². The molecule has 0 heterocycles. The molecule has 0 saturated heterocycles. The first-order chi connectivity index (χ1) is 7.13. The molecular formula is C10H12FIN2S. The van der Waals surface area contributed by atoms with Gasteiger partial charge in [0.15, 0.2) is 5.11 Å². The highest BCUT2D eigenvalue weighted by Crippen LogP contribution is 2.18. The van der Waals surface area contributed by atoms with Crippen LogP contribution in [0, 0.1) is 9.39 Å². The van der Waals surface area contributed by atoms with Crippen molar-refractivity contribution < 1.29 is 4.39 Å². The minimum atomic E-state index is -0.239. The second-order valence-electron chi connectivity index (χ2n) is 3.01. The molecule has 1 rings (SSSR count). The lowest BCUT2D eigenvalue weighted by Gasteiger charge is -2.10. The van der Waals surface area contributed by atoms with Crippen molar-refractivity contribution in [2.75, 3.05) is 11.9 Å². The Labute approximate surface area is 108 Å². The van der Waals surface area contributed by atoms with Crippen molar-refractivity contribution in [2.24, 2.45) is 0 Å². The molecule has 0 fully saturated rings. The van der Waals surface area contributed by atoms with E-state index >= 15 is 0 Å². The zero-order valence-corrected chi connectivity index (χ0v) is 11.3. The summed E-state index contributed by atoms with van der Waals surface area (Å²) < 4.78 is 13.6. The highest BCUT2D eigenvalue weighted by molar-refractivity contribution is 14.1. The molecule has 5 heteroatoms. The molecule has 0 aromatic heterocycles. The molecule has 1 aromatic rings. The maximum Gasteiger partial charge on any atom is 0.170 e. The summed E-state index contributed by atoms with van der Waals surface area (Å²) in [5.74, 6) is -0.239. The maximum absolute atomic E-state index is 12.8. The zero-order chi connectivity index (χ0) is 11.3. The third-order valence-corrected chi connectivity index (χ3v) is 2.85. The van der Waals surface area contributed by atoms with Gasteiger partial charge in [0.2, 0.25) is 0 Å². The molecule has 0 spiro atoms. The number of hydrogen-bond acceptors (Lipinski definition) is 1. The molecule has 0 atom stereocenters. The molecule has 0 aliphatic heterocycles. The monoisotopic (exact) mass is 338 g/mol. The van der Waals surface area contributed by atoms with E-state index in [1.54, 1.807) is 6.07 Å². The van der Waals surface area contributed by atoms with Crippen LogP contribution in [0.4, 0.5) is 10.1 Å². The first kappa shape index (κ1) is 12.6. The van der Waals surface area contributed by atoms with E-state index in [2.05, 4.69) is 40.1 Å². The Bertz CT molecular complexity index is 357. The lowest BCUT2D eigenvalue weighted by Crippen LogP contribution is -2.29. The second-order valence-corrected chi connectivity index (χ2v) is 4.58. The van der Waals surface area contributed by atoms with Gasteiger partial charge in [0, 0.05) is 10.1 Å². The number of thiocarbonyl (C=S) groups is 1. The first-order valence-corrected chi connectivity index (χ1v) is 6.12. The summed E-state index contributed by atoms with van der Waals surface area (Å²) in [7, 11) is 0. The third kappa shape index (κ3) is 4.29. The summed E-state index contributed by atoms with van der Waals surface area (Å²) in [5.41, 5.74) is 0.825. The smallest absolute Gasteiger partial charge is 0.170 e. The van der Waals surface area contributed by atoms with E-state index in [0.29, 0.717) is 5.11 Å². The number of hydrogen-bond donors (Lipinski definition) is 2. The van der Waals surface area contributed by atoms with E-state index in [9.17, 15) is 4.39 Å². The standard InChI is InChI=1S/C10H12FIN2S/c1-2-5-13-10(15)14-9-4-3-7(11)6-8(9)12/h3-4,6H,2,5H2,1H3,(H2,13,14,15). The number of halogens is 2. The summed E-state index contributed by atoms with van der Waals surface area (Å²) in [4.78, 5) is 0. The van der Waals surface area contributed by atoms with Crippen LogP contribution in [0.5, 0.6) is 0 Å². The predicted octanol–water partition coefficient (Wildman–Crippen LogP) is 3.13. The van der Waals surface area contributed by atoms with Gasteiger partial charge in [0.25, 0.3) is 0 Å². The van der Waals surface area contributed by atoms with Crippen molar-refractivity contribution >= 4 is 45.6 Å². The van der Waals surface area contributed by atoms with Gasteiger partial charge in [-0.15, -0.1) is 0 Å². The molecule has 1 aromatic carbocycles. The molecule has 0 aliphatic carbocycles. The van der Waals surface area contributed by atoms with Crippen LogP contribution in [-0.2, 0) is 0 Å². The summed E-state index contributed by atoms with van der Waals surface area (Å²) in [6.45, 7) is 2.90. The van der Waals surface area contributed by atoms with Crippen molar-refractivity contribution in [2.45, 2.75) is 13.3 Å². The predicted molar refractivity (Wildman–Crippen MR) is 73.6 cm³/mol. The molecule has 0 unspecified atom stereocenters. The van der Waals surface area contributed by atoms with Gasteiger partial charge in [-0.05, 0) is 59.4 Å². The summed E-state index contributed by atoms with van der Waals surface area (Å²) >= 11 is 7.14. The Morgan fingerprint density at radius 1 is 1.53 bits per heavy atom. The van der Waals surface area contributed by atoms with Crippen LogP contribution in [-0.4, -0.2) is 11.7 Å². The Kier molecular flexibility index (Phi) is 5.24. The fraction of sp³-hybridized carbons (Fsp3) is 0.300. The van der Waals surface area contributed by atoms with Crippen LogP contribution in [0.2, 0.25) is 0 Å². The Morgan fingerprint density at radius 2 is 2.27 bits per heavy atom. The number of nitrogens with one attached hydrogen (secondary N) is 2. The quantitative estimate of drug-likeness (QED) is 0.654. The normalized spacial score (nSPS) is 9.80. The first-order valence-electron chi connectivity index (χ1n) is 4.63. The number of rotatable bonds is 3. The van der Waals surface area contributed by atoms with Crippen molar-refractivity contribution in [3.05, 3.63) is 27.6 Å². The number of anilines is 1. The van der Waals surface area contributed by atoms with E-state index in [1.807, 2.05) is 0 Å². The molecule has 2 N–H and O–H groups in total. The third-order valence-electron chi connectivity index (χ3n) is 1.71. The van der Waals surface area contributed by atoms with E-state index in [0.717, 1.165) is 22.2 Å². The molecule has 2 nitrogen and oxygen atoms in total. The summed E-state index contributed by atoms with van der Waals surface area (Å²) in [6.07, 6.45) is 1.02. The van der Waals surface area contributed by atoms with Crippen LogP contribution in [0.1, 0.15) is 13.3 Å². The Hall–Kier alpha value is -0.430. The van der Waals surface area contributed by atoms with E-state index < -0.39 is 0 Å². The zero-order valence-electron chi connectivity index (χ0n) is 8.31. The molecule has 82 valence electrons. The van der Waals surface area contributed by atoms with Gasteiger partial charge in [0.1, 0.15) is 5.82 Å². The maximum atomic E-state index is 12.8. The van der Waals surface area contributed by atoms with Gasteiger partial charge in [-0.2, -0.15) is 0 Å². The summed E-state index contributed by atoms with van der Waals surface area (Å²) in [6, 6.07) is 4.55. The van der Waals surface area contributed by atoms with E-state index in [1.165, 1.54) is 12.1 Å². The van der Waals surface area contributed by atoms with Gasteiger partial charge in [-0.3, -0.25) is 0 Å². The van der Waals surface area contributed by atoms with E-state index in [-0.39, 0.29) is 5.82 Å². The van der Waals surface area contributed by atoms with Crippen LogP contribution in [0.25, 0.3) is 0 Å². The molecule has 15 heavy (non-hydrogen) atoms. The number of benzene rings is 1. The topological polar surface area (TPSA) is 24.1 Å². The summed E-state index contributed by atoms with van der Waals surface area (Å²) in [5, 5.41) is 6.63. The average molecular weight is 338 g/mol. The van der Waals surface area contributed by atoms with Crippen molar-refractivity contribution in [1.29, 1.82) is 0 Å². The molecule has 0 bridgehead atoms. The van der Waals surface area contributed by atoms with Crippen LogP contribution in [0.3, 0.4) is 0 Å².